The van der Waals surface area contributed by atoms with Gasteiger partial charge in [-0.05, 0) is 24.6 Å². The van der Waals surface area contributed by atoms with Gasteiger partial charge in [-0.25, -0.2) is 13.1 Å². The normalized spacial score (nSPS) is 19.8. The highest BCUT2D eigenvalue weighted by Gasteiger charge is 2.33. The molecule has 1 aromatic rings. The van der Waals surface area contributed by atoms with E-state index in [9.17, 15) is 13.2 Å². The van der Waals surface area contributed by atoms with Crippen molar-refractivity contribution in [2.75, 3.05) is 18.1 Å². The minimum Gasteiger partial charge on any atom is -0.370 e. The lowest BCUT2D eigenvalue weighted by molar-refractivity contribution is -0.118. The van der Waals surface area contributed by atoms with Gasteiger partial charge in [0.05, 0.1) is 18.2 Å². The first kappa shape index (κ1) is 20.1. The fourth-order valence-corrected chi connectivity index (χ4v) is 5.07. The number of rotatable bonds is 8. The smallest absolute Gasteiger partial charge is 0.217 e. The molecule has 0 radical (unpaired) electrons. The van der Waals surface area contributed by atoms with Gasteiger partial charge in [-0.3, -0.25) is 9.69 Å². The quantitative estimate of drug-likeness (QED) is 0.648. The molecule has 10 heteroatoms. The van der Waals surface area contributed by atoms with Gasteiger partial charge >= 0.3 is 0 Å². The second-order valence-corrected chi connectivity index (χ2v) is 9.68. The van der Waals surface area contributed by atoms with Crippen LogP contribution in [-0.2, 0) is 34.8 Å². The average molecular weight is 390 g/mol. The number of nitrogens with two attached hydrogens (primary N) is 1. The molecule has 25 heavy (non-hydrogen) atoms. The Labute approximate surface area is 153 Å². The topological polar surface area (TPSA) is 103 Å². The van der Waals surface area contributed by atoms with Gasteiger partial charge < -0.3 is 10.3 Å². The zero-order chi connectivity index (χ0) is 18.8. The van der Waals surface area contributed by atoms with Crippen LogP contribution < -0.4 is 5.73 Å². The van der Waals surface area contributed by atoms with E-state index >= 15 is 0 Å². The highest BCUT2D eigenvalue weighted by Crippen LogP contribution is 2.20. The van der Waals surface area contributed by atoms with Crippen molar-refractivity contribution in [1.29, 1.82) is 0 Å². The van der Waals surface area contributed by atoms with Crippen LogP contribution in [0, 0.1) is 10.7 Å². The molecular formula is C15H27N5O3S2. The highest BCUT2D eigenvalue weighted by molar-refractivity contribution is 7.91. The SMILES string of the molecule is CC(C)CN(Cn1nc(CCC(N)=O)n(C)c1=S)C1CCS(=O)(=O)C1. The molecular weight excluding hydrogens is 362 g/mol. The van der Waals surface area contributed by atoms with Crippen molar-refractivity contribution in [3.05, 3.63) is 10.6 Å². The van der Waals surface area contributed by atoms with Crippen molar-refractivity contribution in [2.45, 2.75) is 45.8 Å². The van der Waals surface area contributed by atoms with Crippen LogP contribution in [0.3, 0.4) is 0 Å². The van der Waals surface area contributed by atoms with E-state index in [4.69, 9.17) is 18.0 Å². The molecule has 1 aliphatic rings. The number of nitrogens with zero attached hydrogens (tertiary/aromatic N) is 4. The molecule has 1 saturated heterocycles. The largest absolute Gasteiger partial charge is 0.370 e. The van der Waals surface area contributed by atoms with E-state index in [1.807, 2.05) is 7.05 Å². The summed E-state index contributed by atoms with van der Waals surface area (Å²) in [5, 5.41) is 4.51. The Bertz CT molecular complexity index is 782. The number of aryl methyl sites for hydroxylation is 1. The average Bonchev–Trinajstić information content (AvgIpc) is 2.98. The van der Waals surface area contributed by atoms with E-state index in [-0.39, 0.29) is 29.9 Å². The molecule has 1 aromatic heterocycles. The van der Waals surface area contributed by atoms with Crippen molar-refractivity contribution in [3.8, 4) is 0 Å². The number of carbonyl (C=O) groups is 1. The summed E-state index contributed by atoms with van der Waals surface area (Å²) in [6, 6.07) is -0.00891. The molecule has 0 aliphatic carbocycles. The highest BCUT2D eigenvalue weighted by atomic mass is 32.2. The van der Waals surface area contributed by atoms with E-state index in [1.165, 1.54) is 0 Å². The van der Waals surface area contributed by atoms with E-state index in [0.29, 0.717) is 36.0 Å². The fourth-order valence-electron chi connectivity index (χ4n) is 3.10. The predicted molar refractivity (Wildman–Crippen MR) is 98.2 cm³/mol. The molecule has 2 heterocycles. The summed E-state index contributed by atoms with van der Waals surface area (Å²) in [5.41, 5.74) is 5.20. The maximum atomic E-state index is 11.8. The third kappa shape index (κ3) is 5.35. The Morgan fingerprint density at radius 2 is 2.16 bits per heavy atom. The summed E-state index contributed by atoms with van der Waals surface area (Å²) in [6.07, 6.45) is 1.30. The monoisotopic (exact) mass is 389 g/mol. The zero-order valence-electron chi connectivity index (χ0n) is 15.0. The summed E-state index contributed by atoms with van der Waals surface area (Å²) < 4.78 is 27.7. The molecule has 2 rings (SSSR count). The predicted octanol–water partition coefficient (Wildman–Crippen LogP) is 0.472. The molecule has 0 bridgehead atoms. The maximum absolute atomic E-state index is 11.8. The molecule has 0 aromatic carbocycles. The first-order valence-electron chi connectivity index (χ1n) is 8.44. The summed E-state index contributed by atoms with van der Waals surface area (Å²) in [5.74, 6) is 1.15. The number of aromatic nitrogens is 3. The Hall–Kier alpha value is -1.26. The molecule has 2 N–H and O–H groups in total. The van der Waals surface area contributed by atoms with Crippen LogP contribution in [0.1, 0.15) is 32.5 Å². The number of amides is 1. The fraction of sp³-hybridized carbons (Fsp3) is 0.800. The molecule has 1 amide bonds. The maximum Gasteiger partial charge on any atom is 0.217 e. The van der Waals surface area contributed by atoms with Gasteiger partial charge in [0, 0.05) is 32.5 Å². The van der Waals surface area contributed by atoms with Gasteiger partial charge in [-0.2, -0.15) is 5.10 Å². The lowest BCUT2D eigenvalue weighted by Crippen LogP contribution is -2.40. The molecule has 1 unspecified atom stereocenters. The lowest BCUT2D eigenvalue weighted by Gasteiger charge is -2.29. The van der Waals surface area contributed by atoms with E-state index in [2.05, 4.69) is 23.8 Å². The van der Waals surface area contributed by atoms with Gasteiger partial charge in [-0.1, -0.05) is 13.8 Å². The first-order valence-corrected chi connectivity index (χ1v) is 10.7. The van der Waals surface area contributed by atoms with Gasteiger partial charge in [0.1, 0.15) is 5.82 Å². The molecule has 0 saturated carbocycles. The van der Waals surface area contributed by atoms with E-state index in [0.717, 1.165) is 6.54 Å². The van der Waals surface area contributed by atoms with Gasteiger partial charge in [0.2, 0.25) is 5.91 Å². The van der Waals surface area contributed by atoms with Crippen molar-refractivity contribution in [3.63, 3.8) is 0 Å². The van der Waals surface area contributed by atoms with Crippen molar-refractivity contribution in [2.24, 2.45) is 18.7 Å². The summed E-state index contributed by atoms with van der Waals surface area (Å²) >= 11 is 5.45. The zero-order valence-corrected chi connectivity index (χ0v) is 16.6. The van der Waals surface area contributed by atoms with Crippen molar-refractivity contribution < 1.29 is 13.2 Å². The number of primary amides is 1. The van der Waals surface area contributed by atoms with E-state index in [1.54, 1.807) is 9.25 Å². The number of hydrogen-bond acceptors (Lipinski definition) is 6. The third-order valence-corrected chi connectivity index (χ3v) is 6.60. The van der Waals surface area contributed by atoms with Crippen LogP contribution in [-0.4, -0.2) is 57.7 Å². The van der Waals surface area contributed by atoms with Gasteiger partial charge in [0.15, 0.2) is 14.6 Å². The Morgan fingerprint density at radius 3 is 2.68 bits per heavy atom. The van der Waals surface area contributed by atoms with Crippen LogP contribution in [0.25, 0.3) is 0 Å². The lowest BCUT2D eigenvalue weighted by atomic mass is 10.1. The molecule has 8 nitrogen and oxygen atoms in total. The minimum atomic E-state index is -2.95. The summed E-state index contributed by atoms with van der Waals surface area (Å²) in [7, 11) is -1.14. The molecule has 142 valence electrons. The Balaban J connectivity index is 2.19. The Kier molecular flexibility index (Phi) is 6.39. The van der Waals surface area contributed by atoms with Crippen LogP contribution >= 0.6 is 12.2 Å². The van der Waals surface area contributed by atoms with Gasteiger partial charge in [-0.15, -0.1) is 0 Å². The molecule has 0 spiro atoms. The van der Waals surface area contributed by atoms with Crippen LogP contribution in [0.5, 0.6) is 0 Å². The summed E-state index contributed by atoms with van der Waals surface area (Å²) in [4.78, 5) is 13.1. The number of sulfone groups is 1. The third-order valence-electron chi connectivity index (χ3n) is 4.37. The van der Waals surface area contributed by atoms with Crippen LogP contribution in [0.15, 0.2) is 0 Å². The molecule has 1 fully saturated rings. The number of hydrogen-bond donors (Lipinski definition) is 1. The van der Waals surface area contributed by atoms with Gasteiger partial charge in [0.25, 0.3) is 0 Å². The van der Waals surface area contributed by atoms with Crippen molar-refractivity contribution in [1.82, 2.24) is 19.2 Å². The molecule has 1 atom stereocenters. The summed E-state index contributed by atoms with van der Waals surface area (Å²) in [6.45, 7) is 5.43. The second kappa shape index (κ2) is 7.96. The standard InChI is InChI=1S/C15H27N5O3S2/c1-11(2)8-19(12-6-7-25(22,23)9-12)10-20-15(24)18(3)14(17-20)5-4-13(16)21/h11-12H,4-10H2,1-3H3,(H2,16,21). The van der Waals surface area contributed by atoms with Crippen LogP contribution in [0.2, 0.25) is 0 Å². The number of carbonyl (C=O) groups excluding carboxylic acids is 1. The Morgan fingerprint density at radius 1 is 1.48 bits per heavy atom. The second-order valence-electron chi connectivity index (χ2n) is 7.09. The first-order chi connectivity index (χ1) is 11.6. The van der Waals surface area contributed by atoms with E-state index < -0.39 is 9.84 Å². The molecule has 1 aliphatic heterocycles. The van der Waals surface area contributed by atoms with Crippen molar-refractivity contribution >= 4 is 28.0 Å². The van der Waals surface area contributed by atoms with Crippen LogP contribution in [0.4, 0.5) is 0 Å². The minimum absolute atomic E-state index is 0.00891.